The Morgan fingerprint density at radius 3 is 2.72 bits per heavy atom. The molecule has 2 rings (SSSR count). The van der Waals surface area contributed by atoms with Gasteiger partial charge in [0.2, 0.25) is 5.82 Å². The van der Waals surface area contributed by atoms with Crippen molar-refractivity contribution in [1.82, 2.24) is 4.98 Å². The number of aromatic nitrogens is 1. The molecule has 2 aromatic rings. The van der Waals surface area contributed by atoms with Gasteiger partial charge in [-0.25, -0.2) is 9.37 Å². The van der Waals surface area contributed by atoms with Crippen molar-refractivity contribution >= 4 is 17.0 Å². The number of rotatable bonds is 3. The molecular weight excluding hydrogens is 266 g/mol. The molecule has 0 atom stereocenters. The minimum absolute atomic E-state index is 0.0437. The van der Waals surface area contributed by atoms with Crippen molar-refractivity contribution < 1.29 is 18.8 Å². The predicted octanol–water partition coefficient (Wildman–Crippen LogP) is 2.49. The monoisotopic (exact) mass is 272 g/mol. The van der Waals surface area contributed by atoms with E-state index < -0.39 is 27.8 Å². The topological polar surface area (TPSA) is 76.3 Å². The highest BCUT2D eigenvalue weighted by Gasteiger charge is 2.24. The molecule has 0 radical (unpaired) electrons. The van der Waals surface area contributed by atoms with Gasteiger partial charge in [-0.05, 0) is 6.07 Å². The lowest BCUT2D eigenvalue weighted by Gasteiger charge is -2.01. The molecule has 1 heterocycles. The number of hydrogen-bond acceptors (Lipinski definition) is 5. The molecule has 0 bridgehead atoms. The van der Waals surface area contributed by atoms with Gasteiger partial charge in [-0.2, -0.15) is 4.39 Å². The van der Waals surface area contributed by atoms with Crippen molar-refractivity contribution in [2.24, 2.45) is 0 Å². The summed E-state index contributed by atoms with van der Waals surface area (Å²) >= 11 is 0.871. The molecule has 0 fully saturated rings. The molecule has 1 aromatic heterocycles. The molecular formula is C10H6F2N2O3S. The van der Waals surface area contributed by atoms with Crippen molar-refractivity contribution in [3.8, 4) is 10.6 Å². The molecule has 0 amide bonds. The molecule has 1 aromatic carbocycles. The second-order valence-corrected chi connectivity index (χ2v) is 4.42. The quantitative estimate of drug-likeness (QED) is 0.688. The van der Waals surface area contributed by atoms with E-state index in [9.17, 15) is 18.9 Å². The molecule has 0 unspecified atom stereocenters. The van der Waals surface area contributed by atoms with Crippen molar-refractivity contribution in [3.63, 3.8) is 0 Å². The lowest BCUT2D eigenvalue weighted by Crippen LogP contribution is -1.97. The van der Waals surface area contributed by atoms with E-state index >= 15 is 0 Å². The molecule has 0 saturated carbocycles. The fourth-order valence-corrected chi connectivity index (χ4v) is 2.19. The third-order valence-corrected chi connectivity index (χ3v) is 3.19. The smallest absolute Gasteiger partial charge is 0.305 e. The van der Waals surface area contributed by atoms with E-state index in [2.05, 4.69) is 4.98 Å². The van der Waals surface area contributed by atoms with E-state index in [1.807, 2.05) is 0 Å². The normalized spacial score (nSPS) is 10.6. The molecule has 1 N–H and O–H groups in total. The van der Waals surface area contributed by atoms with E-state index in [1.165, 1.54) is 6.20 Å². The summed E-state index contributed by atoms with van der Waals surface area (Å²) < 4.78 is 27.3. The maximum Gasteiger partial charge on any atom is 0.305 e. The molecule has 0 saturated heterocycles. The Morgan fingerprint density at radius 1 is 1.44 bits per heavy atom. The maximum atomic E-state index is 13.8. The van der Waals surface area contributed by atoms with Crippen LogP contribution in [-0.2, 0) is 6.61 Å². The predicted molar refractivity (Wildman–Crippen MR) is 60.0 cm³/mol. The number of aliphatic hydroxyl groups excluding tert-OH is 1. The minimum Gasteiger partial charge on any atom is -0.391 e. The Hall–Kier alpha value is -1.93. The largest absolute Gasteiger partial charge is 0.391 e. The fourth-order valence-electron chi connectivity index (χ4n) is 1.37. The van der Waals surface area contributed by atoms with E-state index in [1.54, 1.807) is 0 Å². The van der Waals surface area contributed by atoms with Crippen LogP contribution in [0.5, 0.6) is 0 Å². The summed E-state index contributed by atoms with van der Waals surface area (Å²) in [5.74, 6) is -2.20. The highest BCUT2D eigenvalue weighted by Crippen LogP contribution is 2.33. The van der Waals surface area contributed by atoms with Gasteiger partial charge in [0, 0.05) is 12.3 Å². The van der Waals surface area contributed by atoms with Gasteiger partial charge in [0.15, 0.2) is 0 Å². The molecule has 0 aliphatic rings. The van der Waals surface area contributed by atoms with Crippen LogP contribution < -0.4 is 0 Å². The molecule has 0 spiro atoms. The number of hydrogen-bond donors (Lipinski definition) is 1. The molecule has 0 aliphatic heterocycles. The van der Waals surface area contributed by atoms with E-state index in [0.717, 1.165) is 23.5 Å². The maximum absolute atomic E-state index is 13.8. The Balaban J connectivity index is 2.62. The van der Waals surface area contributed by atoms with Crippen LogP contribution in [0, 0.1) is 21.7 Å². The summed E-state index contributed by atoms with van der Waals surface area (Å²) in [6, 6.07) is 1.57. The highest BCUT2D eigenvalue weighted by molar-refractivity contribution is 7.15. The van der Waals surface area contributed by atoms with Gasteiger partial charge in [0.25, 0.3) is 0 Å². The second kappa shape index (κ2) is 4.75. The molecule has 18 heavy (non-hydrogen) atoms. The van der Waals surface area contributed by atoms with Crippen molar-refractivity contribution in [3.05, 3.63) is 45.0 Å². The Bertz CT molecular complexity index is 615. The number of nitro benzene ring substituents is 1. The average Bonchev–Trinajstić information content (AvgIpc) is 2.77. The SMILES string of the molecule is O=[N+]([O-])c1ccc(F)c(-c2ncc(CO)s2)c1F. The molecule has 5 nitrogen and oxygen atoms in total. The van der Waals surface area contributed by atoms with Gasteiger partial charge in [-0.3, -0.25) is 10.1 Å². The van der Waals surface area contributed by atoms with Gasteiger partial charge < -0.3 is 5.11 Å². The number of nitrogens with zero attached hydrogens (tertiary/aromatic N) is 2. The van der Waals surface area contributed by atoms with E-state index in [4.69, 9.17) is 5.11 Å². The van der Waals surface area contributed by atoms with Crippen molar-refractivity contribution in [2.75, 3.05) is 0 Å². The zero-order valence-electron chi connectivity index (χ0n) is 8.76. The van der Waals surface area contributed by atoms with E-state index in [-0.39, 0.29) is 11.6 Å². The summed E-state index contributed by atoms with van der Waals surface area (Å²) in [5.41, 5.74) is -1.36. The third kappa shape index (κ3) is 2.07. The van der Waals surface area contributed by atoms with Crippen LogP contribution in [0.1, 0.15) is 4.88 Å². The minimum atomic E-state index is -1.26. The highest BCUT2D eigenvalue weighted by atomic mass is 32.1. The first kappa shape index (κ1) is 12.5. The number of benzene rings is 1. The zero-order valence-corrected chi connectivity index (χ0v) is 9.58. The number of nitro groups is 1. The summed E-state index contributed by atoms with van der Waals surface area (Å²) in [7, 11) is 0. The standard InChI is InChI=1S/C10H6F2N2O3S/c11-6-1-2-7(14(16)17)9(12)8(6)10-13-3-5(4-15)18-10/h1-3,15H,4H2. The third-order valence-electron chi connectivity index (χ3n) is 2.19. The van der Waals surface area contributed by atoms with Crippen LogP contribution in [0.25, 0.3) is 10.6 Å². The van der Waals surface area contributed by atoms with Crippen LogP contribution in [0.2, 0.25) is 0 Å². The van der Waals surface area contributed by atoms with Crippen LogP contribution >= 0.6 is 11.3 Å². The molecule has 8 heteroatoms. The first-order valence-corrected chi connectivity index (χ1v) is 5.54. The first-order valence-electron chi connectivity index (χ1n) is 4.73. The summed E-state index contributed by atoms with van der Waals surface area (Å²) in [6.45, 7) is -0.310. The van der Waals surface area contributed by atoms with Crippen molar-refractivity contribution in [1.29, 1.82) is 0 Å². The van der Waals surface area contributed by atoms with Crippen LogP contribution in [0.3, 0.4) is 0 Å². The summed E-state index contributed by atoms with van der Waals surface area (Å²) in [5, 5.41) is 19.4. The second-order valence-electron chi connectivity index (χ2n) is 3.30. The van der Waals surface area contributed by atoms with Gasteiger partial charge in [-0.1, -0.05) is 0 Å². The average molecular weight is 272 g/mol. The van der Waals surface area contributed by atoms with Gasteiger partial charge >= 0.3 is 5.69 Å². The molecule has 94 valence electrons. The molecule has 0 aliphatic carbocycles. The summed E-state index contributed by atoms with van der Waals surface area (Å²) in [4.78, 5) is 13.8. The fraction of sp³-hybridized carbons (Fsp3) is 0.100. The van der Waals surface area contributed by atoms with E-state index in [0.29, 0.717) is 4.88 Å². The van der Waals surface area contributed by atoms with Gasteiger partial charge in [0.05, 0.1) is 22.0 Å². The zero-order chi connectivity index (χ0) is 13.3. The lowest BCUT2D eigenvalue weighted by atomic mass is 10.2. The summed E-state index contributed by atoms with van der Waals surface area (Å²) in [6.07, 6.45) is 1.26. The Labute approximate surface area is 103 Å². The number of aliphatic hydroxyl groups is 1. The van der Waals surface area contributed by atoms with Crippen LogP contribution in [0.4, 0.5) is 14.5 Å². The number of halogens is 2. The Kier molecular flexibility index (Phi) is 3.30. The number of thiazole rings is 1. The Morgan fingerprint density at radius 2 is 2.17 bits per heavy atom. The first-order chi connectivity index (χ1) is 8.54. The van der Waals surface area contributed by atoms with Crippen LogP contribution in [-0.4, -0.2) is 15.0 Å². The van der Waals surface area contributed by atoms with Crippen LogP contribution in [0.15, 0.2) is 18.3 Å². The van der Waals surface area contributed by atoms with Gasteiger partial charge in [-0.15, -0.1) is 11.3 Å². The van der Waals surface area contributed by atoms with Crippen molar-refractivity contribution in [2.45, 2.75) is 6.61 Å². The lowest BCUT2D eigenvalue weighted by molar-refractivity contribution is -0.387. The van der Waals surface area contributed by atoms with Gasteiger partial charge in [0.1, 0.15) is 10.8 Å².